The number of hydrogen-bond acceptors (Lipinski definition) is 4. The number of carbonyl (C=O) groups excluding carboxylic acids is 2. The van der Waals surface area contributed by atoms with Crippen molar-refractivity contribution >= 4 is 40.2 Å². The molecular weight excluding hydrogens is 430 g/mol. The minimum Gasteiger partial charge on any atom is -0.349 e. The number of benzene rings is 3. The zero-order valence-electron chi connectivity index (χ0n) is 18.0. The van der Waals surface area contributed by atoms with Crippen molar-refractivity contribution in [2.45, 2.75) is 23.9 Å². The Morgan fingerprint density at radius 3 is 2.45 bits per heavy atom. The lowest BCUT2D eigenvalue weighted by Crippen LogP contribution is -2.25. The fraction of sp³-hybridized carbons (Fsp3) is 0.148. The maximum atomic E-state index is 12.8. The molecule has 0 bridgehead atoms. The predicted molar refractivity (Wildman–Crippen MR) is 133 cm³/mol. The van der Waals surface area contributed by atoms with Gasteiger partial charge in [0.2, 0.25) is 5.91 Å². The summed E-state index contributed by atoms with van der Waals surface area (Å²) in [5, 5.41) is 7.55. The summed E-state index contributed by atoms with van der Waals surface area (Å²) in [5.41, 5.74) is 4.14. The molecule has 0 spiro atoms. The van der Waals surface area contributed by atoms with Gasteiger partial charge in [0.25, 0.3) is 5.91 Å². The first-order valence-electron chi connectivity index (χ1n) is 10.9. The lowest BCUT2D eigenvalue weighted by atomic mass is 10.0. The van der Waals surface area contributed by atoms with Crippen LogP contribution in [-0.4, -0.2) is 28.6 Å². The molecule has 6 heteroatoms. The van der Waals surface area contributed by atoms with Crippen LogP contribution in [0.2, 0.25) is 0 Å². The van der Waals surface area contributed by atoms with E-state index in [0.717, 1.165) is 40.6 Å². The summed E-state index contributed by atoms with van der Waals surface area (Å²) < 4.78 is 0. The van der Waals surface area contributed by atoms with Crippen molar-refractivity contribution in [2.75, 3.05) is 11.1 Å². The highest BCUT2D eigenvalue weighted by molar-refractivity contribution is 7.99. The number of nitrogens with zero attached hydrogens (tertiary/aromatic N) is 1. The topological polar surface area (TPSA) is 71.1 Å². The Kier molecular flexibility index (Phi) is 6.09. The lowest BCUT2D eigenvalue weighted by molar-refractivity contribution is -0.113. The average Bonchev–Trinajstić information content (AvgIpc) is 3.67. The lowest BCUT2D eigenvalue weighted by Gasteiger charge is -2.12. The van der Waals surface area contributed by atoms with Crippen LogP contribution in [0.3, 0.4) is 0 Å². The molecule has 5 rings (SSSR count). The monoisotopic (exact) mass is 453 g/mol. The molecule has 0 saturated heterocycles. The zero-order chi connectivity index (χ0) is 22.6. The minimum absolute atomic E-state index is 0.0841. The quantitative estimate of drug-likeness (QED) is 0.361. The maximum Gasteiger partial charge on any atom is 0.252 e. The first kappa shape index (κ1) is 21.2. The number of fused-ring (bicyclic) bond motifs is 1. The van der Waals surface area contributed by atoms with E-state index < -0.39 is 0 Å². The Labute approximate surface area is 196 Å². The normalized spacial score (nSPS) is 13.0. The van der Waals surface area contributed by atoms with Gasteiger partial charge in [-0.1, -0.05) is 78.5 Å². The molecule has 0 aliphatic heterocycles. The second-order valence-electron chi connectivity index (χ2n) is 8.02. The highest BCUT2D eigenvalue weighted by Crippen LogP contribution is 2.29. The molecular formula is C27H23N3O2S. The number of carbonyl (C=O) groups is 2. The van der Waals surface area contributed by atoms with Gasteiger partial charge in [0.15, 0.2) is 0 Å². The van der Waals surface area contributed by atoms with E-state index in [2.05, 4.69) is 15.6 Å². The molecule has 33 heavy (non-hydrogen) atoms. The van der Waals surface area contributed by atoms with Gasteiger partial charge in [0, 0.05) is 22.7 Å². The Morgan fingerprint density at radius 2 is 1.64 bits per heavy atom. The third-order valence-electron chi connectivity index (χ3n) is 5.49. The van der Waals surface area contributed by atoms with Gasteiger partial charge < -0.3 is 10.6 Å². The fourth-order valence-corrected chi connectivity index (χ4v) is 4.41. The summed E-state index contributed by atoms with van der Waals surface area (Å²) >= 11 is 1.33. The van der Waals surface area contributed by atoms with E-state index in [-0.39, 0.29) is 23.6 Å². The van der Waals surface area contributed by atoms with E-state index in [9.17, 15) is 9.59 Å². The highest BCUT2D eigenvalue weighted by atomic mass is 32.2. The first-order chi connectivity index (χ1) is 16.2. The summed E-state index contributed by atoms with van der Waals surface area (Å²) in [5.74, 6) is -0.0143. The SMILES string of the molecule is O=C(CSc1cc(C(=O)NC2CC2)c2ccccc2n1)Nc1ccccc1-c1ccccc1. The number of anilines is 1. The van der Waals surface area contributed by atoms with E-state index in [1.54, 1.807) is 6.07 Å². The largest absolute Gasteiger partial charge is 0.349 e. The number of thioether (sulfide) groups is 1. The third kappa shape index (κ3) is 5.07. The predicted octanol–water partition coefficient (Wildman–Crippen LogP) is 5.52. The molecule has 5 nitrogen and oxygen atoms in total. The van der Waals surface area contributed by atoms with Crippen LogP contribution in [0.15, 0.2) is 90.0 Å². The van der Waals surface area contributed by atoms with Crippen molar-refractivity contribution < 1.29 is 9.59 Å². The van der Waals surface area contributed by atoms with Crippen LogP contribution in [0, 0.1) is 0 Å². The van der Waals surface area contributed by atoms with Crippen LogP contribution in [0.4, 0.5) is 5.69 Å². The van der Waals surface area contributed by atoms with E-state index >= 15 is 0 Å². The summed E-state index contributed by atoms with van der Waals surface area (Å²) in [7, 11) is 0. The van der Waals surface area contributed by atoms with E-state index in [1.807, 2.05) is 78.9 Å². The molecule has 0 radical (unpaired) electrons. The summed E-state index contributed by atoms with van der Waals surface area (Å²) in [6.45, 7) is 0. The van der Waals surface area contributed by atoms with Gasteiger partial charge >= 0.3 is 0 Å². The van der Waals surface area contributed by atoms with Crippen molar-refractivity contribution in [3.8, 4) is 11.1 Å². The van der Waals surface area contributed by atoms with Gasteiger partial charge in [-0.3, -0.25) is 9.59 Å². The second-order valence-corrected chi connectivity index (χ2v) is 9.02. The number of hydrogen-bond donors (Lipinski definition) is 2. The van der Waals surface area contributed by atoms with Gasteiger partial charge in [0.05, 0.1) is 21.9 Å². The standard InChI is InChI=1S/C27H23N3O2S/c31-25(29-23-12-6-4-10-20(23)18-8-2-1-3-9-18)17-33-26-16-22(27(32)28-19-14-15-19)21-11-5-7-13-24(21)30-26/h1-13,16,19H,14-15,17H2,(H,28,32)(H,29,31). The molecule has 2 amide bonds. The number of rotatable bonds is 7. The molecule has 0 atom stereocenters. The average molecular weight is 454 g/mol. The maximum absolute atomic E-state index is 12.8. The molecule has 164 valence electrons. The second kappa shape index (κ2) is 9.46. The Morgan fingerprint density at radius 1 is 0.909 bits per heavy atom. The molecule has 1 aromatic heterocycles. The molecule has 1 fully saturated rings. The summed E-state index contributed by atoms with van der Waals surface area (Å²) in [6, 6.07) is 27.4. The van der Waals surface area contributed by atoms with Crippen LogP contribution in [0.25, 0.3) is 22.0 Å². The Balaban J connectivity index is 1.32. The minimum atomic E-state index is -0.123. The van der Waals surface area contributed by atoms with E-state index in [1.165, 1.54) is 11.8 Å². The van der Waals surface area contributed by atoms with Crippen molar-refractivity contribution in [2.24, 2.45) is 0 Å². The van der Waals surface area contributed by atoms with Gasteiger partial charge in [-0.15, -0.1) is 0 Å². The third-order valence-corrected chi connectivity index (χ3v) is 6.40. The number of pyridine rings is 1. The van der Waals surface area contributed by atoms with Crippen LogP contribution in [0.1, 0.15) is 23.2 Å². The number of amides is 2. The first-order valence-corrected chi connectivity index (χ1v) is 11.9. The number of aromatic nitrogens is 1. The molecule has 1 aliphatic rings. The molecule has 4 aromatic rings. The summed E-state index contributed by atoms with van der Waals surface area (Å²) in [4.78, 5) is 30.2. The van der Waals surface area contributed by atoms with Crippen molar-refractivity contribution in [3.63, 3.8) is 0 Å². The van der Waals surface area contributed by atoms with Crippen molar-refractivity contribution in [3.05, 3.63) is 90.5 Å². The van der Waals surface area contributed by atoms with E-state index in [0.29, 0.717) is 10.6 Å². The molecule has 3 aromatic carbocycles. The Hall–Kier alpha value is -3.64. The molecule has 1 aliphatic carbocycles. The number of nitrogens with one attached hydrogen (secondary N) is 2. The smallest absolute Gasteiger partial charge is 0.252 e. The fourth-order valence-electron chi connectivity index (χ4n) is 3.69. The highest BCUT2D eigenvalue weighted by Gasteiger charge is 2.25. The van der Waals surface area contributed by atoms with Crippen molar-refractivity contribution in [1.29, 1.82) is 0 Å². The van der Waals surface area contributed by atoms with Crippen LogP contribution in [0.5, 0.6) is 0 Å². The number of para-hydroxylation sites is 2. The van der Waals surface area contributed by atoms with Gasteiger partial charge in [-0.05, 0) is 36.6 Å². The van der Waals surface area contributed by atoms with Crippen LogP contribution < -0.4 is 10.6 Å². The van der Waals surface area contributed by atoms with Gasteiger partial charge in [-0.25, -0.2) is 4.98 Å². The van der Waals surface area contributed by atoms with Crippen LogP contribution in [-0.2, 0) is 4.79 Å². The molecule has 2 N–H and O–H groups in total. The summed E-state index contributed by atoms with van der Waals surface area (Å²) in [6.07, 6.45) is 2.06. The Bertz CT molecular complexity index is 1320. The zero-order valence-corrected chi connectivity index (χ0v) is 18.8. The van der Waals surface area contributed by atoms with Gasteiger partial charge in [0.1, 0.15) is 0 Å². The van der Waals surface area contributed by atoms with Crippen molar-refractivity contribution in [1.82, 2.24) is 10.3 Å². The molecule has 1 heterocycles. The van der Waals surface area contributed by atoms with E-state index in [4.69, 9.17) is 0 Å². The molecule has 0 unspecified atom stereocenters. The van der Waals surface area contributed by atoms with Crippen LogP contribution >= 0.6 is 11.8 Å². The van der Waals surface area contributed by atoms with Gasteiger partial charge in [-0.2, -0.15) is 0 Å². The molecule has 1 saturated carbocycles.